The Balaban J connectivity index is 2.22. The van der Waals surface area contributed by atoms with Crippen LogP contribution in [0.3, 0.4) is 0 Å². The molecular formula is C27H36N4O2. The van der Waals surface area contributed by atoms with Gasteiger partial charge < -0.3 is 9.80 Å². The minimum absolute atomic E-state index is 0.0817. The first kappa shape index (κ1) is 24.6. The highest BCUT2D eigenvalue weighted by molar-refractivity contribution is 5.79. The molecule has 1 unspecified atom stereocenters. The number of aromatic nitrogens is 2. The van der Waals surface area contributed by atoms with Crippen molar-refractivity contribution in [3.8, 4) is 5.69 Å². The molecule has 0 aliphatic rings. The number of hydrogen-bond donors (Lipinski definition) is 0. The van der Waals surface area contributed by atoms with Crippen LogP contribution >= 0.6 is 0 Å². The maximum atomic E-state index is 13.7. The fourth-order valence-corrected chi connectivity index (χ4v) is 4.06. The van der Waals surface area contributed by atoms with Gasteiger partial charge in [0, 0.05) is 19.5 Å². The van der Waals surface area contributed by atoms with Crippen molar-refractivity contribution in [2.24, 2.45) is 5.41 Å². The second-order valence-corrected chi connectivity index (χ2v) is 10.0. The zero-order valence-corrected chi connectivity index (χ0v) is 20.7. The maximum Gasteiger partial charge on any atom is 0.266 e. The standard InChI is InChI=1S/C27H36N4O2/c1-7-23(30(18-17-29(5)6)24(32)19-27(2,3)4)25-28-22-16-12-11-15-21(22)26(33)31(25)20-13-9-8-10-14-20/h8-16,23H,7,17-19H2,1-6H3. The summed E-state index contributed by atoms with van der Waals surface area (Å²) in [5, 5.41) is 0.570. The Morgan fingerprint density at radius 1 is 1.00 bits per heavy atom. The van der Waals surface area contributed by atoms with Crippen LogP contribution in [0.15, 0.2) is 59.4 Å². The number of rotatable bonds is 8. The largest absolute Gasteiger partial charge is 0.331 e. The van der Waals surface area contributed by atoms with Crippen LogP contribution in [0, 0.1) is 5.41 Å². The van der Waals surface area contributed by atoms with Gasteiger partial charge in [-0.15, -0.1) is 0 Å². The topological polar surface area (TPSA) is 58.4 Å². The van der Waals surface area contributed by atoms with E-state index in [0.29, 0.717) is 36.1 Å². The van der Waals surface area contributed by atoms with Crippen LogP contribution in [0.1, 0.15) is 52.4 Å². The number of amides is 1. The molecule has 0 bridgehead atoms. The molecule has 33 heavy (non-hydrogen) atoms. The lowest BCUT2D eigenvalue weighted by Crippen LogP contribution is -2.42. The number of carbonyl (C=O) groups is 1. The summed E-state index contributed by atoms with van der Waals surface area (Å²) in [7, 11) is 4.00. The highest BCUT2D eigenvalue weighted by Gasteiger charge is 2.31. The van der Waals surface area contributed by atoms with Crippen LogP contribution in [0.4, 0.5) is 0 Å². The van der Waals surface area contributed by atoms with E-state index < -0.39 is 0 Å². The average molecular weight is 449 g/mol. The van der Waals surface area contributed by atoms with Gasteiger partial charge in [0.1, 0.15) is 5.82 Å². The van der Waals surface area contributed by atoms with Crippen molar-refractivity contribution in [1.29, 1.82) is 0 Å². The zero-order valence-electron chi connectivity index (χ0n) is 20.7. The van der Waals surface area contributed by atoms with Gasteiger partial charge in [-0.05, 0) is 50.2 Å². The Morgan fingerprint density at radius 2 is 1.64 bits per heavy atom. The van der Waals surface area contributed by atoms with Gasteiger partial charge in [0.05, 0.1) is 22.6 Å². The second kappa shape index (κ2) is 10.3. The molecule has 0 radical (unpaired) electrons. The first-order chi connectivity index (χ1) is 15.6. The summed E-state index contributed by atoms with van der Waals surface area (Å²) in [6.45, 7) is 9.57. The third-order valence-corrected chi connectivity index (χ3v) is 5.67. The minimum atomic E-state index is -0.322. The number of nitrogens with zero attached hydrogens (tertiary/aromatic N) is 4. The summed E-state index contributed by atoms with van der Waals surface area (Å²) in [5.41, 5.74) is 1.15. The van der Waals surface area contributed by atoms with E-state index in [1.165, 1.54) is 0 Å². The van der Waals surface area contributed by atoms with Gasteiger partial charge in [-0.25, -0.2) is 4.98 Å². The quantitative estimate of drug-likeness (QED) is 0.503. The van der Waals surface area contributed by atoms with Crippen LogP contribution in [0.2, 0.25) is 0 Å². The Labute approximate surface area is 196 Å². The van der Waals surface area contributed by atoms with Crippen LogP contribution in [-0.4, -0.2) is 52.4 Å². The maximum absolute atomic E-state index is 13.7. The molecule has 1 heterocycles. The fraction of sp³-hybridized carbons (Fsp3) is 0.444. The lowest BCUT2D eigenvalue weighted by molar-refractivity contribution is -0.136. The number of fused-ring (bicyclic) bond motifs is 1. The molecule has 1 amide bonds. The number of carbonyl (C=O) groups excluding carboxylic acids is 1. The molecule has 6 heteroatoms. The number of benzene rings is 2. The van der Waals surface area contributed by atoms with Gasteiger partial charge in [0.25, 0.3) is 5.56 Å². The van der Waals surface area contributed by atoms with Crippen LogP contribution in [-0.2, 0) is 4.79 Å². The highest BCUT2D eigenvalue weighted by Crippen LogP contribution is 2.29. The number of likely N-dealkylation sites (N-methyl/N-ethyl adjacent to an activating group) is 1. The molecule has 0 aliphatic heterocycles. The summed E-state index contributed by atoms with van der Waals surface area (Å²) in [5.74, 6) is 0.687. The summed E-state index contributed by atoms with van der Waals surface area (Å²) in [4.78, 5) is 36.2. The smallest absolute Gasteiger partial charge is 0.266 e. The van der Waals surface area contributed by atoms with Crippen molar-refractivity contribution in [2.75, 3.05) is 27.2 Å². The Kier molecular flexibility index (Phi) is 7.69. The lowest BCUT2D eigenvalue weighted by Gasteiger charge is -2.35. The van der Waals surface area contributed by atoms with Gasteiger partial charge in [-0.1, -0.05) is 58.0 Å². The van der Waals surface area contributed by atoms with Gasteiger partial charge >= 0.3 is 0 Å². The van der Waals surface area contributed by atoms with Crippen LogP contribution < -0.4 is 5.56 Å². The molecule has 0 N–H and O–H groups in total. The van der Waals surface area contributed by atoms with Crippen molar-refractivity contribution in [2.45, 2.75) is 46.6 Å². The predicted molar refractivity (Wildman–Crippen MR) is 135 cm³/mol. The highest BCUT2D eigenvalue weighted by atomic mass is 16.2. The fourth-order valence-electron chi connectivity index (χ4n) is 4.06. The number of hydrogen-bond acceptors (Lipinski definition) is 4. The van der Waals surface area contributed by atoms with Gasteiger partial charge in [-0.3, -0.25) is 14.2 Å². The van der Waals surface area contributed by atoms with Crippen LogP contribution in [0.25, 0.3) is 16.6 Å². The SMILES string of the molecule is CCC(c1nc2ccccc2c(=O)n1-c1ccccc1)N(CCN(C)C)C(=O)CC(C)(C)C. The molecule has 0 saturated carbocycles. The Bertz CT molecular complexity index is 1150. The van der Waals surface area contributed by atoms with E-state index >= 15 is 0 Å². The summed E-state index contributed by atoms with van der Waals surface area (Å²) in [6.07, 6.45) is 1.08. The molecular weight excluding hydrogens is 412 g/mol. The Morgan fingerprint density at radius 3 is 2.24 bits per heavy atom. The van der Waals surface area contributed by atoms with E-state index in [4.69, 9.17) is 4.98 Å². The lowest BCUT2D eigenvalue weighted by atomic mass is 9.91. The van der Waals surface area contributed by atoms with Gasteiger partial charge in [0.2, 0.25) is 5.91 Å². The molecule has 0 aliphatic carbocycles. The van der Waals surface area contributed by atoms with Crippen molar-refractivity contribution >= 4 is 16.8 Å². The van der Waals surface area contributed by atoms with E-state index in [1.807, 2.05) is 80.5 Å². The third-order valence-electron chi connectivity index (χ3n) is 5.67. The predicted octanol–water partition coefficient (Wildman–Crippen LogP) is 4.66. The molecule has 176 valence electrons. The van der Waals surface area contributed by atoms with E-state index in [9.17, 15) is 9.59 Å². The monoisotopic (exact) mass is 448 g/mol. The molecule has 1 aromatic heterocycles. The summed E-state index contributed by atoms with van der Waals surface area (Å²) in [6, 6.07) is 16.7. The van der Waals surface area contributed by atoms with E-state index in [-0.39, 0.29) is 22.9 Å². The van der Waals surface area contributed by atoms with E-state index in [1.54, 1.807) is 4.57 Å². The first-order valence-corrected chi connectivity index (χ1v) is 11.6. The third kappa shape index (κ3) is 5.88. The summed E-state index contributed by atoms with van der Waals surface area (Å²) < 4.78 is 1.68. The van der Waals surface area contributed by atoms with Crippen LogP contribution in [0.5, 0.6) is 0 Å². The second-order valence-electron chi connectivity index (χ2n) is 10.0. The Hall–Kier alpha value is -2.99. The van der Waals surface area contributed by atoms with Gasteiger partial charge in [0.15, 0.2) is 0 Å². The molecule has 2 aromatic carbocycles. The molecule has 6 nitrogen and oxygen atoms in total. The molecule has 0 saturated heterocycles. The van der Waals surface area contributed by atoms with Crippen molar-refractivity contribution in [3.05, 3.63) is 70.8 Å². The zero-order chi connectivity index (χ0) is 24.2. The van der Waals surface area contributed by atoms with Crippen molar-refractivity contribution < 1.29 is 4.79 Å². The van der Waals surface area contributed by atoms with E-state index in [2.05, 4.69) is 25.7 Å². The molecule has 1 atom stereocenters. The minimum Gasteiger partial charge on any atom is -0.331 e. The van der Waals surface area contributed by atoms with Gasteiger partial charge in [-0.2, -0.15) is 0 Å². The molecule has 3 rings (SSSR count). The number of para-hydroxylation sites is 2. The molecule has 0 fully saturated rings. The average Bonchev–Trinajstić information content (AvgIpc) is 2.75. The van der Waals surface area contributed by atoms with E-state index in [0.717, 1.165) is 12.2 Å². The van der Waals surface area contributed by atoms with Crippen molar-refractivity contribution in [1.82, 2.24) is 19.4 Å². The summed E-state index contributed by atoms with van der Waals surface area (Å²) >= 11 is 0. The van der Waals surface area contributed by atoms with Crippen molar-refractivity contribution in [3.63, 3.8) is 0 Å². The normalized spacial score (nSPS) is 12.8. The molecule has 3 aromatic rings. The molecule has 0 spiro atoms. The first-order valence-electron chi connectivity index (χ1n) is 11.6.